The molecule has 0 N–H and O–H groups in total. The molecule has 12 nitrogen and oxygen atoms in total. The number of hydrogen-bond donors (Lipinski definition) is 0. The second-order valence-corrected chi connectivity index (χ2v) is 9.02. The van der Waals surface area contributed by atoms with Crippen molar-refractivity contribution >= 4 is 11.8 Å². The molecule has 0 saturated carbocycles. The molecule has 0 bridgehead atoms. The van der Waals surface area contributed by atoms with Gasteiger partial charge in [-0.2, -0.15) is 0 Å². The van der Waals surface area contributed by atoms with Gasteiger partial charge in [0, 0.05) is 12.8 Å². The van der Waals surface area contributed by atoms with Gasteiger partial charge >= 0.3 is 23.2 Å². The normalized spacial score (nSPS) is 11.6. The second kappa shape index (κ2) is 13.0. The third kappa shape index (κ3) is 6.23. The lowest BCUT2D eigenvalue weighted by atomic mass is 10.0. The Kier molecular flexibility index (Phi) is 8.57. The molecule has 0 amide bonds. The molecule has 2 heterocycles. The van der Waals surface area contributed by atoms with Crippen LogP contribution in [0.3, 0.4) is 0 Å². The van der Waals surface area contributed by atoms with E-state index in [1.807, 2.05) is 60.7 Å². The number of aryl methyl sites for hydroxylation is 4. The van der Waals surface area contributed by atoms with Crippen LogP contribution in [-0.4, -0.2) is 10.5 Å². The van der Waals surface area contributed by atoms with Gasteiger partial charge in [0.15, 0.2) is 13.1 Å². The van der Waals surface area contributed by atoms with E-state index < -0.39 is 0 Å². The maximum atomic E-state index is 11.0. The number of benzene rings is 3. The molecule has 5 rings (SSSR count). The highest BCUT2D eigenvalue weighted by molar-refractivity contribution is 5.73. The Morgan fingerprint density at radius 1 is 0.600 bits per heavy atom. The standard InChI is InChI=1S/C28H26N8O4/c37-31-29-27-25(35(33-39-27)18-8-14-21-10-3-1-4-11-21)23-16-7-17-24(20-23)26-28(30-32-38)40-34-36(26)19-9-15-22-12-5-2-6-13-22/h1-7,10-13,16-17,20H,8-9,14-15,18-19H2. The minimum absolute atomic E-state index is 0.00705. The maximum Gasteiger partial charge on any atom is 0.347 e. The predicted octanol–water partition coefficient (Wildman–Crippen LogP) is 6.00. The smallest absolute Gasteiger partial charge is 0.347 e. The van der Waals surface area contributed by atoms with Crippen molar-refractivity contribution in [3.8, 4) is 22.5 Å². The first-order valence-corrected chi connectivity index (χ1v) is 12.8. The molecule has 0 aliphatic heterocycles. The molecule has 0 fully saturated rings. The summed E-state index contributed by atoms with van der Waals surface area (Å²) >= 11 is 0. The lowest BCUT2D eigenvalue weighted by molar-refractivity contribution is -0.753. The number of nitrogens with zero attached hydrogens (tertiary/aromatic N) is 8. The van der Waals surface area contributed by atoms with Crippen LogP contribution >= 0.6 is 0 Å². The van der Waals surface area contributed by atoms with E-state index in [-0.39, 0.29) is 11.8 Å². The van der Waals surface area contributed by atoms with Gasteiger partial charge in [-0.05, 0) is 51.5 Å². The first kappa shape index (κ1) is 26.4. The Morgan fingerprint density at radius 2 is 1.05 bits per heavy atom. The van der Waals surface area contributed by atoms with E-state index in [0.29, 0.717) is 35.6 Å². The molecule has 2 aromatic heterocycles. The Hall–Kier alpha value is -5.26. The zero-order valence-electron chi connectivity index (χ0n) is 21.5. The Balaban J connectivity index is 1.43. The van der Waals surface area contributed by atoms with Crippen molar-refractivity contribution in [2.75, 3.05) is 0 Å². The fourth-order valence-corrected chi connectivity index (χ4v) is 4.59. The minimum Gasteiger partial charge on any atom is -0.775 e. The maximum absolute atomic E-state index is 11.0. The number of aromatic nitrogens is 4. The van der Waals surface area contributed by atoms with Gasteiger partial charge in [-0.3, -0.25) is 9.05 Å². The van der Waals surface area contributed by atoms with E-state index in [2.05, 4.69) is 55.6 Å². The zero-order valence-corrected chi connectivity index (χ0v) is 21.5. The van der Waals surface area contributed by atoms with Crippen molar-refractivity contribution < 1.29 is 18.4 Å². The SMILES string of the molecule is [O-]/N=N\c1on[n+](CCCc2ccccc2)c1-c1cccc(-c2c(/N=N/[O-])on[n+]2CCCc2ccccc2)c1. The summed E-state index contributed by atoms with van der Waals surface area (Å²) in [5.41, 5.74) is 4.74. The number of hydrogen-bond acceptors (Lipinski definition) is 10. The molecule has 12 heteroatoms. The van der Waals surface area contributed by atoms with Crippen LogP contribution in [0.5, 0.6) is 0 Å². The van der Waals surface area contributed by atoms with Gasteiger partial charge in [0.1, 0.15) is 0 Å². The molecule has 0 atom stereocenters. The summed E-state index contributed by atoms with van der Waals surface area (Å²) in [4.78, 5) is 0. The Morgan fingerprint density at radius 3 is 1.48 bits per heavy atom. The molecule has 3 aromatic carbocycles. The highest BCUT2D eigenvalue weighted by atomic mass is 16.5. The summed E-state index contributed by atoms with van der Waals surface area (Å²) in [6.07, 6.45) is 3.24. The summed E-state index contributed by atoms with van der Waals surface area (Å²) in [7, 11) is 0. The fourth-order valence-electron chi connectivity index (χ4n) is 4.59. The topological polar surface area (TPSA) is 155 Å². The van der Waals surface area contributed by atoms with Gasteiger partial charge in [0.25, 0.3) is 0 Å². The van der Waals surface area contributed by atoms with Crippen LogP contribution in [0.4, 0.5) is 11.8 Å². The third-order valence-electron chi connectivity index (χ3n) is 6.40. The quantitative estimate of drug-likeness (QED) is 0.108. The fraction of sp³-hybridized carbons (Fsp3) is 0.214. The van der Waals surface area contributed by atoms with Gasteiger partial charge in [0.05, 0.1) is 11.1 Å². The monoisotopic (exact) mass is 538 g/mol. The number of rotatable bonds is 12. The minimum atomic E-state index is -0.00705. The first-order chi connectivity index (χ1) is 19.8. The van der Waals surface area contributed by atoms with Crippen LogP contribution < -0.4 is 9.36 Å². The van der Waals surface area contributed by atoms with Crippen molar-refractivity contribution in [2.45, 2.75) is 38.8 Å². The van der Waals surface area contributed by atoms with Crippen LogP contribution in [0.1, 0.15) is 24.0 Å². The predicted molar refractivity (Wildman–Crippen MR) is 143 cm³/mol. The van der Waals surface area contributed by atoms with Gasteiger partial charge in [-0.25, -0.2) is 10.6 Å². The Labute approximate surface area is 229 Å². The summed E-state index contributed by atoms with van der Waals surface area (Å²) in [5.74, 6) is -0.0141. The molecule has 0 spiro atoms. The van der Waals surface area contributed by atoms with Crippen LogP contribution in [0.15, 0.2) is 115 Å². The van der Waals surface area contributed by atoms with E-state index >= 15 is 0 Å². The molecular formula is C28H26N8O4. The van der Waals surface area contributed by atoms with Crippen LogP contribution in [-0.2, 0) is 25.9 Å². The summed E-state index contributed by atoms with van der Waals surface area (Å²) in [6.45, 7) is 1.05. The average molecular weight is 539 g/mol. The average Bonchev–Trinajstić information content (AvgIpc) is 3.58. The van der Waals surface area contributed by atoms with E-state index in [4.69, 9.17) is 9.05 Å². The molecule has 0 aliphatic rings. The molecule has 202 valence electrons. The first-order valence-electron chi connectivity index (χ1n) is 12.8. The van der Waals surface area contributed by atoms with Crippen LogP contribution in [0.2, 0.25) is 0 Å². The zero-order chi connectivity index (χ0) is 27.6. The van der Waals surface area contributed by atoms with E-state index in [0.717, 1.165) is 25.7 Å². The summed E-state index contributed by atoms with van der Waals surface area (Å²) in [5, 5.41) is 42.7. The molecule has 0 unspecified atom stereocenters. The van der Waals surface area contributed by atoms with Crippen LogP contribution in [0, 0.1) is 10.4 Å². The lowest BCUT2D eigenvalue weighted by Gasteiger charge is -2.01. The van der Waals surface area contributed by atoms with Gasteiger partial charge in [-0.15, -0.1) is 10.2 Å². The largest absolute Gasteiger partial charge is 0.775 e. The van der Waals surface area contributed by atoms with Crippen LogP contribution in [0.25, 0.3) is 22.5 Å². The third-order valence-corrected chi connectivity index (χ3v) is 6.40. The van der Waals surface area contributed by atoms with E-state index in [1.165, 1.54) is 11.1 Å². The highest BCUT2D eigenvalue weighted by Gasteiger charge is 2.30. The highest BCUT2D eigenvalue weighted by Crippen LogP contribution is 2.33. The second-order valence-electron chi connectivity index (χ2n) is 9.02. The van der Waals surface area contributed by atoms with Gasteiger partial charge in [0.2, 0.25) is 10.5 Å². The molecule has 40 heavy (non-hydrogen) atoms. The van der Waals surface area contributed by atoms with Crippen molar-refractivity contribution in [1.29, 1.82) is 0 Å². The van der Waals surface area contributed by atoms with E-state index in [1.54, 1.807) is 9.36 Å². The van der Waals surface area contributed by atoms with Gasteiger partial charge in [-0.1, -0.05) is 66.7 Å². The molecule has 0 radical (unpaired) electrons. The van der Waals surface area contributed by atoms with Crippen molar-refractivity contribution in [1.82, 2.24) is 10.5 Å². The Bertz CT molecular complexity index is 1470. The summed E-state index contributed by atoms with van der Waals surface area (Å²) < 4.78 is 14.0. The lowest BCUT2D eigenvalue weighted by Crippen LogP contribution is -2.38. The summed E-state index contributed by atoms with van der Waals surface area (Å²) in [6, 6.07) is 27.6. The van der Waals surface area contributed by atoms with Crippen molar-refractivity contribution in [3.63, 3.8) is 0 Å². The van der Waals surface area contributed by atoms with E-state index in [9.17, 15) is 10.4 Å². The molecule has 5 aromatic rings. The van der Waals surface area contributed by atoms with Crippen molar-refractivity contribution in [3.05, 3.63) is 106 Å². The molecular weight excluding hydrogens is 512 g/mol. The molecule has 0 aliphatic carbocycles. The van der Waals surface area contributed by atoms with Gasteiger partial charge < -0.3 is 10.4 Å². The van der Waals surface area contributed by atoms with Crippen molar-refractivity contribution in [2.24, 2.45) is 20.8 Å². The molecule has 0 saturated heterocycles.